The van der Waals surface area contributed by atoms with E-state index in [1.54, 1.807) is 12.1 Å². The highest BCUT2D eigenvalue weighted by Crippen LogP contribution is 2.60. The van der Waals surface area contributed by atoms with E-state index in [9.17, 15) is 57.1 Å². The number of hydrogen-bond acceptors (Lipinski definition) is 6. The fraction of sp³-hybridized carbons (Fsp3) is 0.636. The largest absolute Gasteiger partial charge is 0.494 e. The molecule has 0 saturated heterocycles. The van der Waals surface area contributed by atoms with Gasteiger partial charge in [-0.1, -0.05) is 77.6 Å². The van der Waals surface area contributed by atoms with Crippen molar-refractivity contribution >= 4 is 8.32 Å². The average molecular weight is 959 g/mol. The second-order valence-corrected chi connectivity index (χ2v) is 21.8. The van der Waals surface area contributed by atoms with E-state index in [1.807, 2.05) is 38.1 Å². The van der Waals surface area contributed by atoms with Crippen LogP contribution in [0.1, 0.15) is 71.4 Å². The van der Waals surface area contributed by atoms with Gasteiger partial charge in [0.2, 0.25) is 0 Å². The predicted molar refractivity (Wildman–Crippen MR) is 219 cm³/mol. The maximum atomic E-state index is 14.2. The number of allylic oxidation sites excluding steroid dienone is 2. The van der Waals surface area contributed by atoms with E-state index in [0.717, 1.165) is 5.56 Å². The molecular weight excluding hydrogens is 900 g/mol. The molecule has 366 valence electrons. The molecular formula is C44H59F13O6Si. The van der Waals surface area contributed by atoms with Crippen LogP contribution in [0.5, 0.6) is 17.2 Å². The van der Waals surface area contributed by atoms with Crippen LogP contribution < -0.4 is 14.2 Å². The van der Waals surface area contributed by atoms with E-state index in [1.165, 1.54) is 38.5 Å². The normalized spacial score (nSPS) is 15.8. The van der Waals surface area contributed by atoms with Gasteiger partial charge in [-0.15, -0.1) is 0 Å². The molecule has 0 spiro atoms. The van der Waals surface area contributed by atoms with E-state index in [2.05, 4.69) is 40.4 Å². The Kier molecular flexibility index (Phi) is 19.8. The van der Waals surface area contributed by atoms with E-state index >= 15 is 0 Å². The van der Waals surface area contributed by atoms with E-state index in [-0.39, 0.29) is 48.0 Å². The molecule has 0 fully saturated rings. The maximum absolute atomic E-state index is 14.2. The highest BCUT2D eigenvalue weighted by Gasteiger charge is 2.90. The molecule has 0 bridgehead atoms. The number of alkyl halides is 13. The van der Waals surface area contributed by atoms with Gasteiger partial charge < -0.3 is 28.1 Å². The second-order valence-electron chi connectivity index (χ2n) is 17.0. The van der Waals surface area contributed by atoms with Gasteiger partial charge in [-0.3, -0.25) is 0 Å². The van der Waals surface area contributed by atoms with E-state index < -0.39 is 63.6 Å². The summed E-state index contributed by atoms with van der Waals surface area (Å²) in [5, 5.41) is -0.00884. The molecule has 0 saturated carbocycles. The minimum Gasteiger partial charge on any atom is -0.494 e. The molecule has 0 aliphatic carbocycles. The van der Waals surface area contributed by atoms with Crippen molar-refractivity contribution in [2.24, 2.45) is 11.8 Å². The summed E-state index contributed by atoms with van der Waals surface area (Å²) in [4.78, 5) is 0. The highest BCUT2D eigenvalue weighted by molar-refractivity contribution is 6.74. The first kappa shape index (κ1) is 56.6. The molecule has 2 rings (SSSR count). The van der Waals surface area contributed by atoms with Gasteiger partial charge in [0.1, 0.15) is 5.75 Å². The second kappa shape index (κ2) is 22.3. The Morgan fingerprint density at radius 2 is 1.22 bits per heavy atom. The topological polar surface area (TPSA) is 55.4 Å². The monoisotopic (exact) mass is 958 g/mol. The van der Waals surface area contributed by atoms with E-state index in [0.29, 0.717) is 36.5 Å². The van der Waals surface area contributed by atoms with Crippen molar-refractivity contribution in [3.05, 3.63) is 78.4 Å². The third kappa shape index (κ3) is 13.5. The van der Waals surface area contributed by atoms with Gasteiger partial charge >= 0.3 is 35.8 Å². The van der Waals surface area contributed by atoms with Crippen LogP contribution in [0, 0.1) is 11.8 Å². The lowest BCUT2D eigenvalue weighted by atomic mass is 9.86. The summed E-state index contributed by atoms with van der Waals surface area (Å²) in [6.45, 7) is 18.4. The molecule has 0 aliphatic heterocycles. The summed E-state index contributed by atoms with van der Waals surface area (Å²) < 4.78 is 210. The minimum atomic E-state index is -7.94. The lowest BCUT2D eigenvalue weighted by Crippen LogP contribution is -2.70. The van der Waals surface area contributed by atoms with Gasteiger partial charge in [-0.2, -0.15) is 57.1 Å². The van der Waals surface area contributed by atoms with Gasteiger partial charge in [-0.05, 0) is 72.8 Å². The molecule has 64 heavy (non-hydrogen) atoms. The first-order valence-corrected chi connectivity index (χ1v) is 23.2. The van der Waals surface area contributed by atoms with Crippen molar-refractivity contribution in [2.75, 3.05) is 27.4 Å². The molecule has 0 unspecified atom stereocenters. The smallest absolute Gasteiger partial charge is 0.460 e. The van der Waals surface area contributed by atoms with Gasteiger partial charge in [0, 0.05) is 24.9 Å². The van der Waals surface area contributed by atoms with Crippen molar-refractivity contribution in [1.29, 1.82) is 0 Å². The summed E-state index contributed by atoms with van der Waals surface area (Å²) in [5.41, 5.74) is 1.44. The molecule has 0 N–H and O–H groups in total. The molecule has 2 aromatic carbocycles. The van der Waals surface area contributed by atoms with Crippen LogP contribution in [0.4, 0.5) is 57.1 Å². The number of methoxy groups -OCH3 is 2. The summed E-state index contributed by atoms with van der Waals surface area (Å²) in [6, 6.07) is 11.2. The third-order valence-electron chi connectivity index (χ3n) is 11.3. The van der Waals surface area contributed by atoms with E-state index in [4.69, 9.17) is 28.1 Å². The van der Waals surface area contributed by atoms with Crippen molar-refractivity contribution in [1.82, 2.24) is 0 Å². The Labute approximate surface area is 367 Å². The predicted octanol–water partition coefficient (Wildman–Crippen LogP) is 13.9. The van der Waals surface area contributed by atoms with Crippen molar-refractivity contribution in [3.8, 4) is 17.2 Å². The fourth-order valence-corrected chi connectivity index (χ4v) is 7.26. The number of halogens is 13. The highest BCUT2D eigenvalue weighted by atomic mass is 28.4. The van der Waals surface area contributed by atoms with Crippen LogP contribution in [0.25, 0.3) is 0 Å². The first-order chi connectivity index (χ1) is 29.3. The number of rotatable bonds is 27. The van der Waals surface area contributed by atoms with Gasteiger partial charge in [-0.25, -0.2) is 0 Å². The van der Waals surface area contributed by atoms with Gasteiger partial charge in [0.05, 0.1) is 46.2 Å². The van der Waals surface area contributed by atoms with Crippen molar-refractivity contribution < 1.29 is 85.2 Å². The van der Waals surface area contributed by atoms with Crippen LogP contribution in [-0.4, -0.2) is 83.7 Å². The molecule has 0 radical (unpaired) electrons. The average Bonchev–Trinajstić information content (AvgIpc) is 3.20. The summed E-state index contributed by atoms with van der Waals surface area (Å²) in [7, 11) is 1.00. The quantitative estimate of drug-likeness (QED) is 0.0385. The Morgan fingerprint density at radius 1 is 0.672 bits per heavy atom. The lowest BCUT2D eigenvalue weighted by molar-refractivity contribution is -0.440. The van der Waals surface area contributed by atoms with Crippen molar-refractivity contribution in [3.63, 3.8) is 0 Å². The Hall–Kier alpha value is -3.49. The van der Waals surface area contributed by atoms with Crippen molar-refractivity contribution in [2.45, 2.75) is 140 Å². The molecule has 0 aromatic heterocycles. The Bertz CT molecular complexity index is 1780. The van der Waals surface area contributed by atoms with Gasteiger partial charge in [0.15, 0.2) is 19.8 Å². The fourth-order valence-electron chi connectivity index (χ4n) is 6.17. The zero-order chi connectivity index (χ0) is 49.2. The summed E-state index contributed by atoms with van der Waals surface area (Å²) in [5.74, 6) is -36.3. The van der Waals surface area contributed by atoms with Crippen LogP contribution in [0.15, 0.2) is 67.3 Å². The molecule has 2 aromatic rings. The van der Waals surface area contributed by atoms with Crippen LogP contribution in [-0.2, 0) is 27.1 Å². The third-order valence-corrected chi connectivity index (χ3v) is 15.8. The lowest BCUT2D eigenvalue weighted by Gasteiger charge is -2.39. The number of hydrogen-bond donors (Lipinski definition) is 0. The van der Waals surface area contributed by atoms with Crippen LogP contribution in [0.3, 0.4) is 0 Å². The number of benzene rings is 2. The molecule has 4 atom stereocenters. The van der Waals surface area contributed by atoms with Crippen LogP contribution in [0.2, 0.25) is 18.1 Å². The zero-order valence-corrected chi connectivity index (χ0v) is 38.3. The summed E-state index contributed by atoms with van der Waals surface area (Å²) in [6.07, 6.45) is -5.11. The zero-order valence-electron chi connectivity index (χ0n) is 37.3. The molecule has 0 aliphatic rings. The van der Waals surface area contributed by atoms with Crippen LogP contribution >= 0.6 is 0 Å². The van der Waals surface area contributed by atoms with Gasteiger partial charge in [0.25, 0.3) is 0 Å². The molecule has 0 amide bonds. The Morgan fingerprint density at radius 3 is 1.75 bits per heavy atom. The minimum absolute atomic E-state index is 0.00884. The molecule has 6 nitrogen and oxygen atoms in total. The maximum Gasteiger partial charge on any atom is 0.460 e. The first-order valence-electron chi connectivity index (χ1n) is 20.3. The standard InChI is InChI=1S/C44H59F13O6Si/c1-11-12-15-29(2)37(62-28-32-19-22-35(58-7)36(26-32)59-8)30(3)34(16-13-25-63-64(9,10)38(4,5)6)61-27-31-17-20-33(21-18-31)60-24-14-23-39(45,46)40(47,48)41(49,50)42(51,52)43(53,54)44(55,56)57/h11-12,15,17-22,26,29-30,34,37H,1,13-14,16,23-25,27-28H2,2-10H3/b15-12-/t29-,30-,34+,37-/m0/s1. The molecule has 0 heterocycles. The number of ether oxygens (including phenoxy) is 5. The SMILES string of the molecule is C=C/C=C\[C@H](C)[C@H](OCc1ccc(OC)c(OC)c1)[C@@H](C)[C@@H](CCCO[Si](C)(C)C(C)(C)C)OCc1ccc(OCCCC(F)(F)C(F)(F)C(F)(F)C(F)(F)C(F)(F)C(F)(F)F)cc1. The summed E-state index contributed by atoms with van der Waals surface area (Å²) >= 11 is 0. The molecule has 20 heteroatoms. The Balaban J connectivity index is 2.23.